The second kappa shape index (κ2) is 6.77. The minimum atomic E-state index is -0.706. The Hall–Kier alpha value is -1.10. The lowest BCUT2D eigenvalue weighted by atomic mass is 9.82. The molecule has 0 amide bonds. The third kappa shape index (κ3) is 4.70. The van der Waals surface area contributed by atoms with Gasteiger partial charge in [0.2, 0.25) is 0 Å². The van der Waals surface area contributed by atoms with Crippen molar-refractivity contribution >= 4 is 22.4 Å². The highest BCUT2D eigenvalue weighted by molar-refractivity contribution is 7.13. The van der Waals surface area contributed by atoms with Crippen LogP contribution in [-0.4, -0.2) is 24.1 Å². The molecule has 1 rings (SSSR count). The highest BCUT2D eigenvalue weighted by Crippen LogP contribution is 2.30. The van der Waals surface area contributed by atoms with Crippen molar-refractivity contribution in [3.05, 3.63) is 11.1 Å². The molecule has 1 aromatic rings. The molecule has 0 saturated heterocycles. The summed E-state index contributed by atoms with van der Waals surface area (Å²) in [6, 6.07) is 0. The molecule has 1 heterocycles. The first-order chi connectivity index (χ1) is 9.59. The zero-order valence-electron chi connectivity index (χ0n) is 14.2. The first-order valence-corrected chi connectivity index (χ1v) is 8.34. The molecule has 0 fully saturated rings. The van der Waals surface area contributed by atoms with E-state index < -0.39 is 5.41 Å². The number of thiazole rings is 1. The van der Waals surface area contributed by atoms with Gasteiger partial charge in [0.1, 0.15) is 5.41 Å². The van der Waals surface area contributed by atoms with E-state index in [2.05, 4.69) is 38.0 Å². The second-order valence-corrected chi connectivity index (χ2v) is 7.89. The first-order valence-electron chi connectivity index (χ1n) is 7.46. The summed E-state index contributed by atoms with van der Waals surface area (Å²) in [5, 5.41) is 6.16. The Morgan fingerprint density at radius 3 is 2.52 bits per heavy atom. The van der Waals surface area contributed by atoms with Crippen molar-refractivity contribution < 1.29 is 9.53 Å². The van der Waals surface area contributed by atoms with E-state index in [9.17, 15) is 4.79 Å². The molecule has 0 saturated carbocycles. The van der Waals surface area contributed by atoms with Crippen molar-refractivity contribution in [1.82, 2.24) is 4.98 Å². The lowest BCUT2D eigenvalue weighted by molar-refractivity contribution is -0.148. The zero-order valence-corrected chi connectivity index (χ0v) is 15.1. The Kier molecular flexibility index (Phi) is 5.79. The van der Waals surface area contributed by atoms with E-state index in [-0.39, 0.29) is 11.4 Å². The minimum absolute atomic E-state index is 0.232. The van der Waals surface area contributed by atoms with Gasteiger partial charge < -0.3 is 10.1 Å². The quantitative estimate of drug-likeness (QED) is 0.804. The zero-order chi connectivity index (χ0) is 16.3. The van der Waals surface area contributed by atoms with Gasteiger partial charge >= 0.3 is 5.97 Å². The number of carbonyl (C=O) groups is 1. The highest BCUT2D eigenvalue weighted by Gasteiger charge is 2.34. The fourth-order valence-corrected chi connectivity index (χ4v) is 2.49. The van der Waals surface area contributed by atoms with Crippen LogP contribution >= 0.6 is 11.3 Å². The van der Waals surface area contributed by atoms with Crippen LogP contribution in [0.15, 0.2) is 5.38 Å². The second-order valence-electron chi connectivity index (χ2n) is 7.03. The molecule has 0 bridgehead atoms. The van der Waals surface area contributed by atoms with Gasteiger partial charge in [-0.25, -0.2) is 4.98 Å². The smallest absolute Gasteiger partial charge is 0.317 e. The fraction of sp³-hybridized carbons (Fsp3) is 0.750. The lowest BCUT2D eigenvalue weighted by Gasteiger charge is -2.27. The van der Waals surface area contributed by atoms with E-state index in [1.165, 1.54) is 11.3 Å². The van der Waals surface area contributed by atoms with E-state index >= 15 is 0 Å². The number of aromatic nitrogens is 1. The molecule has 4 nitrogen and oxygen atoms in total. The summed E-state index contributed by atoms with van der Waals surface area (Å²) in [6.07, 6.45) is 0. The van der Waals surface area contributed by atoms with Crippen LogP contribution in [0.5, 0.6) is 0 Å². The fourth-order valence-electron chi connectivity index (χ4n) is 1.60. The van der Waals surface area contributed by atoms with Crippen molar-refractivity contribution in [2.75, 3.05) is 18.5 Å². The summed E-state index contributed by atoms with van der Waals surface area (Å²) in [5.74, 6) is 0.299. The maximum Gasteiger partial charge on any atom is 0.317 e. The highest BCUT2D eigenvalue weighted by atomic mass is 32.1. The molecular weight excluding hydrogens is 284 g/mol. The van der Waals surface area contributed by atoms with Crippen LogP contribution in [-0.2, 0) is 14.9 Å². The van der Waals surface area contributed by atoms with Crippen LogP contribution in [0.25, 0.3) is 0 Å². The molecule has 21 heavy (non-hydrogen) atoms. The van der Waals surface area contributed by atoms with Crippen LogP contribution < -0.4 is 5.32 Å². The summed E-state index contributed by atoms with van der Waals surface area (Å²) in [6.45, 7) is 15.7. The Morgan fingerprint density at radius 1 is 1.38 bits per heavy atom. The molecule has 1 N–H and O–H groups in total. The monoisotopic (exact) mass is 312 g/mol. The molecule has 0 aliphatic carbocycles. The summed E-state index contributed by atoms with van der Waals surface area (Å²) in [7, 11) is 0. The minimum Gasteiger partial charge on any atom is -0.465 e. The number of ether oxygens (including phenoxy) is 1. The van der Waals surface area contributed by atoms with Gasteiger partial charge in [-0.2, -0.15) is 0 Å². The molecule has 5 heteroatoms. The van der Waals surface area contributed by atoms with Gasteiger partial charge in [-0.15, -0.1) is 11.3 Å². The number of carbonyl (C=O) groups excluding carboxylic acids is 1. The van der Waals surface area contributed by atoms with Crippen LogP contribution in [0, 0.1) is 11.3 Å². The average molecular weight is 312 g/mol. The number of anilines is 1. The predicted octanol–water partition coefficient (Wildman–Crippen LogP) is 4.08. The number of hydrogen-bond donors (Lipinski definition) is 1. The van der Waals surface area contributed by atoms with E-state index in [4.69, 9.17) is 4.74 Å². The van der Waals surface area contributed by atoms with Crippen molar-refractivity contribution in [3.8, 4) is 0 Å². The average Bonchev–Trinajstić information content (AvgIpc) is 2.84. The molecule has 1 atom stereocenters. The summed E-state index contributed by atoms with van der Waals surface area (Å²) < 4.78 is 5.12. The van der Waals surface area contributed by atoms with Crippen molar-refractivity contribution in [2.45, 2.75) is 53.9 Å². The van der Waals surface area contributed by atoms with Gasteiger partial charge in [0, 0.05) is 11.9 Å². The summed E-state index contributed by atoms with van der Waals surface area (Å²) in [5.41, 5.74) is 0.316. The van der Waals surface area contributed by atoms with E-state index in [1.807, 2.05) is 26.2 Å². The normalized spacial score (nSPS) is 13.9. The van der Waals surface area contributed by atoms with Gasteiger partial charge in [-0.3, -0.25) is 4.79 Å². The van der Waals surface area contributed by atoms with Gasteiger partial charge in [0.25, 0.3) is 0 Å². The Morgan fingerprint density at radius 2 is 2.00 bits per heavy atom. The number of hydrogen-bond acceptors (Lipinski definition) is 5. The van der Waals surface area contributed by atoms with Crippen molar-refractivity contribution in [3.63, 3.8) is 0 Å². The molecule has 0 aromatic carbocycles. The molecule has 120 valence electrons. The number of nitrogens with one attached hydrogen (secondary N) is 1. The van der Waals surface area contributed by atoms with Crippen LogP contribution in [0.1, 0.15) is 54.2 Å². The van der Waals surface area contributed by atoms with Crippen molar-refractivity contribution in [1.29, 1.82) is 0 Å². The molecule has 1 aromatic heterocycles. The summed E-state index contributed by atoms with van der Waals surface area (Å²) in [4.78, 5) is 16.5. The van der Waals surface area contributed by atoms with Crippen LogP contribution in [0.3, 0.4) is 0 Å². The number of nitrogens with zero attached hydrogens (tertiary/aromatic N) is 1. The van der Waals surface area contributed by atoms with Crippen LogP contribution in [0.4, 0.5) is 5.13 Å². The molecule has 0 spiro atoms. The van der Waals surface area contributed by atoms with E-state index in [0.29, 0.717) is 12.5 Å². The van der Waals surface area contributed by atoms with E-state index in [1.54, 1.807) is 0 Å². The van der Waals surface area contributed by atoms with Gasteiger partial charge in [0.15, 0.2) is 5.13 Å². The Bertz CT molecular complexity index is 475. The van der Waals surface area contributed by atoms with Crippen molar-refractivity contribution in [2.24, 2.45) is 11.3 Å². The predicted molar refractivity (Wildman–Crippen MR) is 88.9 cm³/mol. The molecular formula is C16H28N2O2S. The summed E-state index contributed by atoms with van der Waals surface area (Å²) >= 11 is 1.53. The van der Waals surface area contributed by atoms with Gasteiger partial charge in [-0.1, -0.05) is 27.7 Å². The van der Waals surface area contributed by atoms with Crippen LogP contribution in [0.2, 0.25) is 0 Å². The van der Waals surface area contributed by atoms with Gasteiger partial charge in [0.05, 0.1) is 12.3 Å². The SMILES string of the molecule is CCOC(=O)C(C)(C)c1csc(NCC(C)C(C)(C)C)n1. The largest absolute Gasteiger partial charge is 0.465 e. The van der Waals surface area contributed by atoms with Gasteiger partial charge in [-0.05, 0) is 32.1 Å². The third-order valence-corrected chi connectivity index (χ3v) is 4.77. The molecule has 0 aliphatic rings. The Balaban J connectivity index is 2.71. The number of rotatable bonds is 6. The lowest BCUT2D eigenvalue weighted by Crippen LogP contribution is -2.31. The third-order valence-electron chi connectivity index (χ3n) is 3.97. The standard InChI is InChI=1S/C16H28N2O2S/c1-8-20-13(19)16(6,7)12-10-21-14(18-12)17-9-11(2)15(3,4)5/h10-11H,8-9H2,1-7H3,(H,17,18). The first kappa shape index (κ1) is 18.0. The molecule has 1 unspecified atom stereocenters. The maximum absolute atomic E-state index is 12.0. The molecule has 0 radical (unpaired) electrons. The topological polar surface area (TPSA) is 51.2 Å². The van der Waals surface area contributed by atoms with E-state index in [0.717, 1.165) is 17.4 Å². The maximum atomic E-state index is 12.0. The number of esters is 1. The molecule has 0 aliphatic heterocycles. The Labute approximate surface area is 132 Å².